The van der Waals surface area contributed by atoms with E-state index in [1.54, 1.807) is 18.2 Å². The summed E-state index contributed by atoms with van der Waals surface area (Å²) in [6.45, 7) is -0.273. The number of hydrogen-bond donors (Lipinski definition) is 2. The number of hydrogen-bond acceptors (Lipinski definition) is 5. The molecule has 0 fully saturated rings. The molecular formula is C16H14BrN3O5. The van der Waals surface area contributed by atoms with Crippen molar-refractivity contribution < 1.29 is 19.2 Å². The summed E-state index contributed by atoms with van der Waals surface area (Å²) in [4.78, 5) is 34.3. The van der Waals surface area contributed by atoms with Crippen molar-refractivity contribution in [2.75, 3.05) is 19.0 Å². The summed E-state index contributed by atoms with van der Waals surface area (Å²) in [7, 11) is 1.30. The summed E-state index contributed by atoms with van der Waals surface area (Å²) < 4.78 is 5.68. The minimum absolute atomic E-state index is 0.0500. The molecule has 2 amide bonds. The molecule has 0 aromatic heterocycles. The molecule has 2 aromatic carbocycles. The average molecular weight is 408 g/mol. The largest absolute Gasteiger partial charge is 0.490 e. The molecule has 0 saturated carbocycles. The van der Waals surface area contributed by atoms with Crippen molar-refractivity contribution in [1.29, 1.82) is 0 Å². The number of nitrogens with one attached hydrogen (secondary N) is 2. The van der Waals surface area contributed by atoms with E-state index in [1.165, 1.54) is 19.2 Å². The molecule has 130 valence electrons. The zero-order valence-corrected chi connectivity index (χ0v) is 14.7. The predicted molar refractivity (Wildman–Crippen MR) is 94.8 cm³/mol. The van der Waals surface area contributed by atoms with Crippen molar-refractivity contribution >= 4 is 39.1 Å². The number of carbonyl (C=O) groups is 2. The first-order chi connectivity index (χ1) is 11.9. The van der Waals surface area contributed by atoms with Gasteiger partial charge in [-0.3, -0.25) is 19.7 Å². The van der Waals surface area contributed by atoms with Crippen molar-refractivity contribution in [2.24, 2.45) is 0 Å². The van der Waals surface area contributed by atoms with Gasteiger partial charge in [0.2, 0.25) is 5.91 Å². The first-order valence-electron chi connectivity index (χ1n) is 7.06. The molecule has 0 saturated heterocycles. The molecule has 0 bridgehead atoms. The van der Waals surface area contributed by atoms with Crippen LogP contribution in [0.1, 0.15) is 10.4 Å². The summed E-state index contributed by atoms with van der Waals surface area (Å²) >= 11 is 3.29. The first kappa shape index (κ1) is 18.4. The first-order valence-corrected chi connectivity index (χ1v) is 7.86. The normalized spacial score (nSPS) is 10.0. The fourth-order valence-electron chi connectivity index (χ4n) is 2.01. The second-order valence-electron chi connectivity index (χ2n) is 4.88. The van der Waals surface area contributed by atoms with E-state index in [9.17, 15) is 19.7 Å². The standard InChI is InChI=1S/C16H14BrN3O5/c1-25-14-6-5-10(7-13(14)20(23)24)16(22)18-9-15(21)19-12-4-2-3-11(17)8-12/h2-8H,9H2,1H3,(H,18,22)(H,19,21). The van der Waals surface area contributed by atoms with E-state index in [2.05, 4.69) is 26.6 Å². The fourth-order valence-corrected chi connectivity index (χ4v) is 2.41. The fraction of sp³-hybridized carbons (Fsp3) is 0.125. The van der Waals surface area contributed by atoms with E-state index in [4.69, 9.17) is 4.74 Å². The Balaban J connectivity index is 1.99. The van der Waals surface area contributed by atoms with E-state index in [0.29, 0.717) is 5.69 Å². The highest BCUT2D eigenvalue weighted by Crippen LogP contribution is 2.27. The number of carbonyl (C=O) groups excluding carboxylic acids is 2. The molecule has 2 N–H and O–H groups in total. The Hall–Kier alpha value is -2.94. The Bertz CT molecular complexity index is 825. The highest BCUT2D eigenvalue weighted by atomic mass is 79.9. The lowest BCUT2D eigenvalue weighted by Gasteiger charge is -2.08. The molecule has 0 atom stereocenters. The lowest BCUT2D eigenvalue weighted by Crippen LogP contribution is -2.32. The number of anilines is 1. The molecule has 0 aliphatic rings. The molecule has 0 spiro atoms. The summed E-state index contributed by atoms with van der Waals surface area (Å²) in [5.74, 6) is -0.974. The van der Waals surface area contributed by atoms with Crippen LogP contribution in [0, 0.1) is 10.1 Å². The second-order valence-corrected chi connectivity index (χ2v) is 5.80. The summed E-state index contributed by atoms with van der Waals surface area (Å²) in [5.41, 5.74) is 0.310. The van der Waals surface area contributed by atoms with E-state index in [-0.39, 0.29) is 23.5 Å². The van der Waals surface area contributed by atoms with Crippen LogP contribution in [0.5, 0.6) is 5.75 Å². The van der Waals surface area contributed by atoms with Crippen molar-refractivity contribution in [2.45, 2.75) is 0 Å². The number of nitrogens with zero attached hydrogens (tertiary/aromatic N) is 1. The van der Waals surface area contributed by atoms with Crippen LogP contribution in [0.25, 0.3) is 0 Å². The second kappa shape index (κ2) is 8.25. The van der Waals surface area contributed by atoms with Gasteiger partial charge in [-0.2, -0.15) is 0 Å². The summed E-state index contributed by atoms with van der Waals surface area (Å²) in [5, 5.41) is 16.0. The van der Waals surface area contributed by atoms with Crippen LogP contribution in [-0.2, 0) is 4.79 Å². The van der Waals surface area contributed by atoms with Crippen LogP contribution in [0.2, 0.25) is 0 Å². The van der Waals surface area contributed by atoms with Crippen LogP contribution in [0.4, 0.5) is 11.4 Å². The van der Waals surface area contributed by atoms with Gasteiger partial charge in [-0.15, -0.1) is 0 Å². The van der Waals surface area contributed by atoms with Crippen molar-refractivity contribution in [1.82, 2.24) is 5.32 Å². The van der Waals surface area contributed by atoms with Gasteiger partial charge in [0.25, 0.3) is 5.91 Å². The Morgan fingerprint density at radius 3 is 2.64 bits per heavy atom. The van der Waals surface area contributed by atoms with Gasteiger partial charge in [-0.25, -0.2) is 0 Å². The SMILES string of the molecule is COc1ccc(C(=O)NCC(=O)Nc2cccc(Br)c2)cc1[N+](=O)[O-]. The van der Waals surface area contributed by atoms with E-state index >= 15 is 0 Å². The Kier molecular flexibility index (Phi) is 6.07. The smallest absolute Gasteiger partial charge is 0.311 e. The molecule has 0 unspecified atom stereocenters. The number of methoxy groups -OCH3 is 1. The van der Waals surface area contributed by atoms with Crippen LogP contribution < -0.4 is 15.4 Å². The number of amides is 2. The lowest BCUT2D eigenvalue weighted by atomic mass is 10.1. The van der Waals surface area contributed by atoms with E-state index in [0.717, 1.165) is 10.5 Å². The molecule has 0 radical (unpaired) electrons. The Morgan fingerprint density at radius 2 is 2.00 bits per heavy atom. The number of ether oxygens (including phenoxy) is 1. The quantitative estimate of drug-likeness (QED) is 0.564. The zero-order valence-electron chi connectivity index (χ0n) is 13.1. The number of nitro groups is 1. The molecule has 2 aromatic rings. The number of benzene rings is 2. The van der Waals surface area contributed by atoms with Crippen LogP contribution in [-0.4, -0.2) is 30.4 Å². The Labute approximate surface area is 151 Å². The Morgan fingerprint density at radius 1 is 1.24 bits per heavy atom. The van der Waals surface area contributed by atoms with Gasteiger partial charge in [-0.05, 0) is 30.3 Å². The predicted octanol–water partition coefficient (Wildman–Crippen LogP) is 2.73. The van der Waals surface area contributed by atoms with Crippen molar-refractivity contribution in [3.05, 3.63) is 62.6 Å². The van der Waals surface area contributed by atoms with Gasteiger partial charge in [-0.1, -0.05) is 22.0 Å². The molecule has 0 aliphatic carbocycles. The maximum Gasteiger partial charge on any atom is 0.311 e. The third-order valence-corrected chi connectivity index (χ3v) is 3.65. The molecule has 9 heteroatoms. The van der Waals surface area contributed by atoms with Crippen molar-refractivity contribution in [3.8, 4) is 5.75 Å². The van der Waals surface area contributed by atoms with Gasteiger partial charge in [0.15, 0.2) is 5.75 Å². The van der Waals surface area contributed by atoms with Gasteiger partial charge >= 0.3 is 5.69 Å². The third-order valence-electron chi connectivity index (χ3n) is 3.16. The summed E-state index contributed by atoms with van der Waals surface area (Å²) in [6.07, 6.45) is 0. The highest BCUT2D eigenvalue weighted by molar-refractivity contribution is 9.10. The van der Waals surface area contributed by atoms with Crippen LogP contribution >= 0.6 is 15.9 Å². The van der Waals surface area contributed by atoms with Gasteiger partial charge in [0.1, 0.15) is 0 Å². The topological polar surface area (TPSA) is 111 Å². The number of rotatable bonds is 6. The monoisotopic (exact) mass is 407 g/mol. The minimum atomic E-state index is -0.643. The van der Waals surface area contributed by atoms with E-state index in [1.807, 2.05) is 6.07 Å². The maximum atomic E-state index is 12.1. The molecule has 0 aliphatic heterocycles. The average Bonchev–Trinajstić information content (AvgIpc) is 2.59. The third kappa shape index (κ3) is 5.01. The highest BCUT2D eigenvalue weighted by Gasteiger charge is 2.18. The minimum Gasteiger partial charge on any atom is -0.490 e. The maximum absolute atomic E-state index is 12.1. The molecular weight excluding hydrogens is 394 g/mol. The van der Waals surface area contributed by atoms with Crippen LogP contribution in [0.3, 0.4) is 0 Å². The summed E-state index contributed by atoms with van der Waals surface area (Å²) in [6, 6.07) is 10.8. The number of halogens is 1. The van der Waals surface area contributed by atoms with Gasteiger partial charge in [0.05, 0.1) is 18.6 Å². The lowest BCUT2D eigenvalue weighted by molar-refractivity contribution is -0.385. The van der Waals surface area contributed by atoms with Crippen LogP contribution in [0.15, 0.2) is 46.9 Å². The molecule has 8 nitrogen and oxygen atoms in total. The van der Waals surface area contributed by atoms with Gasteiger partial charge < -0.3 is 15.4 Å². The molecule has 25 heavy (non-hydrogen) atoms. The van der Waals surface area contributed by atoms with Gasteiger partial charge in [0, 0.05) is 21.8 Å². The molecule has 2 rings (SSSR count). The zero-order chi connectivity index (χ0) is 18.4. The number of nitro benzene ring substituents is 1. The van der Waals surface area contributed by atoms with Crippen molar-refractivity contribution in [3.63, 3.8) is 0 Å². The molecule has 0 heterocycles. The van der Waals surface area contributed by atoms with E-state index < -0.39 is 16.7 Å².